The molecule has 0 aliphatic heterocycles. The number of ether oxygens (including phenoxy) is 1. The first kappa shape index (κ1) is 12.6. The Morgan fingerprint density at radius 3 is 2.83 bits per heavy atom. The van der Waals surface area contributed by atoms with E-state index in [2.05, 4.69) is 10.5 Å². The van der Waals surface area contributed by atoms with Crippen LogP contribution in [0.3, 0.4) is 0 Å². The Hall–Kier alpha value is -1.84. The van der Waals surface area contributed by atoms with E-state index >= 15 is 0 Å². The fourth-order valence-corrected chi connectivity index (χ4v) is 1.55. The second-order valence-corrected chi connectivity index (χ2v) is 4.71. The van der Waals surface area contributed by atoms with Gasteiger partial charge >= 0.3 is 0 Å². The monoisotopic (exact) mass is 246 g/mol. The van der Waals surface area contributed by atoms with Crippen molar-refractivity contribution in [2.24, 2.45) is 11.0 Å². The van der Waals surface area contributed by atoms with E-state index in [1.807, 2.05) is 38.1 Å². The van der Waals surface area contributed by atoms with Crippen LogP contribution in [-0.4, -0.2) is 18.2 Å². The van der Waals surface area contributed by atoms with E-state index in [1.54, 1.807) is 6.21 Å². The van der Waals surface area contributed by atoms with Crippen LogP contribution in [0.2, 0.25) is 0 Å². The zero-order valence-corrected chi connectivity index (χ0v) is 10.7. The minimum atomic E-state index is 0.00788. The van der Waals surface area contributed by atoms with E-state index in [0.717, 1.165) is 24.2 Å². The van der Waals surface area contributed by atoms with Crippen LogP contribution in [0.5, 0.6) is 5.75 Å². The van der Waals surface area contributed by atoms with Gasteiger partial charge in [0.25, 0.3) is 0 Å². The van der Waals surface area contributed by atoms with Crippen LogP contribution in [0.1, 0.15) is 32.3 Å². The largest absolute Gasteiger partial charge is 0.490 e. The second-order valence-electron chi connectivity index (χ2n) is 4.71. The van der Waals surface area contributed by atoms with Gasteiger partial charge in [-0.2, -0.15) is 5.10 Å². The van der Waals surface area contributed by atoms with Gasteiger partial charge in [0, 0.05) is 11.5 Å². The van der Waals surface area contributed by atoms with E-state index < -0.39 is 0 Å². The van der Waals surface area contributed by atoms with Crippen molar-refractivity contribution in [3.05, 3.63) is 29.8 Å². The molecule has 0 saturated heterocycles. The molecule has 1 saturated carbocycles. The summed E-state index contributed by atoms with van der Waals surface area (Å²) in [5.41, 5.74) is 3.41. The molecule has 0 unspecified atom stereocenters. The molecule has 1 fully saturated rings. The number of hydrogen-bond acceptors (Lipinski definition) is 3. The van der Waals surface area contributed by atoms with E-state index in [0.29, 0.717) is 0 Å². The van der Waals surface area contributed by atoms with Crippen LogP contribution < -0.4 is 10.2 Å². The number of rotatable bonds is 5. The summed E-state index contributed by atoms with van der Waals surface area (Å²) in [7, 11) is 0. The van der Waals surface area contributed by atoms with Crippen LogP contribution in [0, 0.1) is 5.92 Å². The van der Waals surface area contributed by atoms with Gasteiger partial charge in [0.2, 0.25) is 5.91 Å². The Balaban J connectivity index is 1.98. The average molecular weight is 246 g/mol. The lowest BCUT2D eigenvalue weighted by Gasteiger charge is -2.11. The summed E-state index contributed by atoms with van der Waals surface area (Å²) in [5, 5.41) is 3.97. The highest BCUT2D eigenvalue weighted by molar-refractivity contribution is 5.86. The van der Waals surface area contributed by atoms with Gasteiger partial charge < -0.3 is 4.74 Å². The fourth-order valence-electron chi connectivity index (χ4n) is 1.55. The number of carbonyl (C=O) groups excluding carboxylic acids is 1. The maximum atomic E-state index is 11.4. The van der Waals surface area contributed by atoms with Crippen LogP contribution in [0.15, 0.2) is 29.4 Å². The minimum Gasteiger partial charge on any atom is -0.490 e. The summed E-state index contributed by atoms with van der Waals surface area (Å²) < 4.78 is 5.66. The number of nitrogens with zero attached hydrogens (tertiary/aromatic N) is 1. The quantitative estimate of drug-likeness (QED) is 0.640. The minimum absolute atomic E-state index is 0.00788. The Morgan fingerprint density at radius 2 is 2.17 bits per heavy atom. The van der Waals surface area contributed by atoms with Gasteiger partial charge in [-0.25, -0.2) is 5.43 Å². The Bertz CT molecular complexity index is 451. The fraction of sp³-hybridized carbons (Fsp3) is 0.429. The molecular formula is C14H18N2O2. The Morgan fingerprint density at radius 1 is 1.44 bits per heavy atom. The molecule has 2 rings (SSSR count). The van der Waals surface area contributed by atoms with Crippen molar-refractivity contribution in [3.8, 4) is 5.75 Å². The summed E-state index contributed by atoms with van der Waals surface area (Å²) in [6.07, 6.45) is 3.70. The highest BCUT2D eigenvalue weighted by atomic mass is 16.5. The number of amides is 1. The predicted molar refractivity (Wildman–Crippen MR) is 70.7 cm³/mol. The summed E-state index contributed by atoms with van der Waals surface area (Å²) in [4.78, 5) is 11.4. The van der Waals surface area contributed by atoms with Crippen molar-refractivity contribution in [1.29, 1.82) is 0 Å². The third-order valence-electron chi connectivity index (χ3n) is 2.61. The molecule has 0 spiro atoms. The second kappa shape index (κ2) is 5.67. The molecule has 1 N–H and O–H groups in total. The number of nitrogens with one attached hydrogen (secondary N) is 1. The number of hydrogen-bond donors (Lipinski definition) is 1. The van der Waals surface area contributed by atoms with Crippen molar-refractivity contribution in [2.45, 2.75) is 32.8 Å². The first-order valence-electron chi connectivity index (χ1n) is 6.25. The summed E-state index contributed by atoms with van der Waals surface area (Å²) in [5.74, 6) is 0.953. The van der Waals surface area contributed by atoms with Gasteiger partial charge in [0.05, 0.1) is 12.3 Å². The van der Waals surface area contributed by atoms with E-state index in [1.165, 1.54) is 0 Å². The molecule has 1 aliphatic rings. The third-order valence-corrected chi connectivity index (χ3v) is 2.61. The molecule has 1 amide bonds. The molecule has 4 nitrogen and oxygen atoms in total. The van der Waals surface area contributed by atoms with Crippen molar-refractivity contribution in [1.82, 2.24) is 5.43 Å². The molecule has 0 atom stereocenters. The van der Waals surface area contributed by atoms with Crippen molar-refractivity contribution in [3.63, 3.8) is 0 Å². The molecule has 4 heteroatoms. The number of carbonyl (C=O) groups is 1. The van der Waals surface area contributed by atoms with Gasteiger partial charge in [-0.1, -0.05) is 12.1 Å². The summed E-state index contributed by atoms with van der Waals surface area (Å²) in [6, 6.07) is 7.63. The topological polar surface area (TPSA) is 50.7 Å². The average Bonchev–Trinajstić information content (AvgIpc) is 3.14. The molecule has 0 radical (unpaired) electrons. The van der Waals surface area contributed by atoms with Crippen LogP contribution in [0.4, 0.5) is 0 Å². The normalized spacial score (nSPS) is 15.1. The molecule has 18 heavy (non-hydrogen) atoms. The highest BCUT2D eigenvalue weighted by Crippen LogP contribution is 2.28. The maximum absolute atomic E-state index is 11.4. The molecule has 0 bridgehead atoms. The lowest BCUT2D eigenvalue weighted by molar-refractivity contribution is -0.122. The first-order chi connectivity index (χ1) is 8.66. The zero-order chi connectivity index (χ0) is 13.0. The van der Waals surface area contributed by atoms with Gasteiger partial charge in [0.15, 0.2) is 0 Å². The Kier molecular flexibility index (Phi) is 3.97. The molecule has 1 aliphatic carbocycles. The molecular weight excluding hydrogens is 228 g/mol. The van der Waals surface area contributed by atoms with Crippen LogP contribution in [-0.2, 0) is 4.79 Å². The lowest BCUT2D eigenvalue weighted by Crippen LogP contribution is -2.19. The van der Waals surface area contributed by atoms with Crippen molar-refractivity contribution < 1.29 is 9.53 Å². The van der Waals surface area contributed by atoms with Crippen LogP contribution >= 0.6 is 0 Å². The van der Waals surface area contributed by atoms with Crippen molar-refractivity contribution >= 4 is 12.1 Å². The van der Waals surface area contributed by atoms with Gasteiger partial charge in [-0.3, -0.25) is 4.79 Å². The summed E-state index contributed by atoms with van der Waals surface area (Å²) >= 11 is 0. The Labute approximate surface area is 107 Å². The third kappa shape index (κ3) is 3.58. The van der Waals surface area contributed by atoms with Crippen molar-refractivity contribution in [2.75, 3.05) is 0 Å². The maximum Gasteiger partial charge on any atom is 0.243 e. The smallest absolute Gasteiger partial charge is 0.243 e. The molecule has 1 aromatic carbocycles. The number of benzene rings is 1. The molecule has 1 aromatic rings. The van der Waals surface area contributed by atoms with Gasteiger partial charge in [-0.15, -0.1) is 0 Å². The lowest BCUT2D eigenvalue weighted by atomic mass is 10.2. The van der Waals surface area contributed by atoms with E-state index in [4.69, 9.17) is 4.74 Å². The first-order valence-corrected chi connectivity index (χ1v) is 6.25. The summed E-state index contributed by atoms with van der Waals surface area (Å²) in [6.45, 7) is 3.95. The number of para-hydroxylation sites is 1. The standard InChI is InChI=1S/C14H18N2O2/c1-10(2)18-13-6-4-3-5-12(13)9-15-16-14(17)11-7-8-11/h3-6,9-11H,7-8H2,1-2H3,(H,16,17). The molecule has 0 aromatic heterocycles. The number of hydrazone groups is 1. The van der Waals surface area contributed by atoms with Gasteiger partial charge in [-0.05, 0) is 38.8 Å². The van der Waals surface area contributed by atoms with E-state index in [-0.39, 0.29) is 17.9 Å². The predicted octanol–water partition coefficient (Wildman–Crippen LogP) is 2.33. The zero-order valence-electron chi connectivity index (χ0n) is 10.7. The SMILES string of the molecule is CC(C)Oc1ccccc1C=NNC(=O)C1CC1. The highest BCUT2D eigenvalue weighted by Gasteiger charge is 2.29. The van der Waals surface area contributed by atoms with Crippen LogP contribution in [0.25, 0.3) is 0 Å². The van der Waals surface area contributed by atoms with E-state index in [9.17, 15) is 4.79 Å². The van der Waals surface area contributed by atoms with Gasteiger partial charge in [0.1, 0.15) is 5.75 Å². The molecule has 96 valence electrons. The molecule has 0 heterocycles.